The first-order valence-electron chi connectivity index (χ1n) is 5.95. The fourth-order valence-corrected chi connectivity index (χ4v) is 1.62. The highest BCUT2D eigenvalue weighted by atomic mass is 16.4. The van der Waals surface area contributed by atoms with E-state index in [9.17, 15) is 9.59 Å². The number of amides is 1. The van der Waals surface area contributed by atoms with E-state index >= 15 is 0 Å². The number of hydrogen-bond acceptors (Lipinski definition) is 3. The first-order valence-corrected chi connectivity index (χ1v) is 5.95. The van der Waals surface area contributed by atoms with Crippen LogP contribution in [0.2, 0.25) is 0 Å². The molecule has 1 aromatic rings. The zero-order valence-electron chi connectivity index (χ0n) is 11.1. The first kappa shape index (κ1) is 14.3. The van der Waals surface area contributed by atoms with Crippen LogP contribution in [0.5, 0.6) is 0 Å². The number of hydrogen-bond donors (Lipinski definition) is 1. The molecule has 18 heavy (non-hydrogen) atoms. The van der Waals surface area contributed by atoms with Crippen LogP contribution in [0, 0.1) is 5.92 Å². The van der Waals surface area contributed by atoms with Crippen molar-refractivity contribution in [2.45, 2.75) is 33.7 Å². The molecule has 0 aromatic carbocycles. The van der Waals surface area contributed by atoms with Crippen molar-refractivity contribution in [3.63, 3.8) is 0 Å². The molecule has 0 unspecified atom stereocenters. The molecule has 0 fully saturated rings. The normalized spacial score (nSPS) is 11.0. The molecule has 0 saturated heterocycles. The summed E-state index contributed by atoms with van der Waals surface area (Å²) in [6.45, 7) is 8.49. The number of nitrogens with zero attached hydrogens (tertiary/aromatic N) is 1. The van der Waals surface area contributed by atoms with E-state index in [1.54, 1.807) is 4.90 Å². The second-order valence-corrected chi connectivity index (χ2v) is 4.95. The maximum Gasteiger partial charge on any atom is 0.338 e. The van der Waals surface area contributed by atoms with Crippen molar-refractivity contribution in [3.05, 3.63) is 23.7 Å². The van der Waals surface area contributed by atoms with Gasteiger partial charge in [-0.25, -0.2) is 4.79 Å². The Bertz CT molecular complexity index is 434. The number of aromatic carboxylic acids is 1. The summed E-state index contributed by atoms with van der Waals surface area (Å²) in [5.74, 6) is -0.962. The maximum atomic E-state index is 12.2. The summed E-state index contributed by atoms with van der Waals surface area (Å²) < 4.78 is 5.03. The Balaban J connectivity index is 2.91. The van der Waals surface area contributed by atoms with Crippen molar-refractivity contribution < 1.29 is 19.1 Å². The summed E-state index contributed by atoms with van der Waals surface area (Å²) in [5.41, 5.74) is -0.00777. The first-order chi connectivity index (χ1) is 8.32. The summed E-state index contributed by atoms with van der Waals surface area (Å²) in [6.07, 6.45) is 1.09. The maximum absolute atomic E-state index is 12.2. The van der Waals surface area contributed by atoms with Crippen LogP contribution in [0.3, 0.4) is 0 Å². The van der Waals surface area contributed by atoms with Crippen molar-refractivity contribution in [1.82, 2.24) is 4.90 Å². The van der Waals surface area contributed by atoms with Crippen LogP contribution in [0.4, 0.5) is 0 Å². The number of carbonyl (C=O) groups is 2. The lowest BCUT2D eigenvalue weighted by Crippen LogP contribution is -2.39. The molecule has 0 radical (unpaired) electrons. The predicted molar refractivity (Wildman–Crippen MR) is 66.7 cm³/mol. The third kappa shape index (κ3) is 3.35. The van der Waals surface area contributed by atoms with E-state index in [-0.39, 0.29) is 23.3 Å². The molecule has 100 valence electrons. The Morgan fingerprint density at radius 1 is 1.33 bits per heavy atom. The average molecular weight is 253 g/mol. The second-order valence-electron chi connectivity index (χ2n) is 4.95. The van der Waals surface area contributed by atoms with Gasteiger partial charge in [0.05, 0.1) is 5.56 Å². The Morgan fingerprint density at radius 3 is 2.33 bits per heavy atom. The Hall–Kier alpha value is -1.78. The summed E-state index contributed by atoms with van der Waals surface area (Å²) in [4.78, 5) is 24.6. The third-order valence-corrected chi connectivity index (χ3v) is 2.50. The zero-order chi connectivity index (χ0) is 13.9. The highest BCUT2D eigenvalue weighted by Gasteiger charge is 2.23. The molecule has 1 rings (SSSR count). The molecule has 0 aliphatic carbocycles. The third-order valence-electron chi connectivity index (χ3n) is 2.50. The Kier molecular flexibility index (Phi) is 4.53. The summed E-state index contributed by atoms with van der Waals surface area (Å²) >= 11 is 0. The number of furan rings is 1. The lowest BCUT2D eigenvalue weighted by Gasteiger charge is -2.27. The van der Waals surface area contributed by atoms with E-state index < -0.39 is 5.97 Å². The van der Waals surface area contributed by atoms with Crippen molar-refractivity contribution >= 4 is 11.9 Å². The van der Waals surface area contributed by atoms with Gasteiger partial charge < -0.3 is 14.4 Å². The highest BCUT2D eigenvalue weighted by Crippen LogP contribution is 2.14. The van der Waals surface area contributed by atoms with Gasteiger partial charge in [-0.15, -0.1) is 0 Å². The highest BCUT2D eigenvalue weighted by molar-refractivity contribution is 5.95. The molecule has 0 saturated carbocycles. The fourth-order valence-electron chi connectivity index (χ4n) is 1.62. The lowest BCUT2D eigenvalue weighted by atomic mass is 10.1. The minimum absolute atomic E-state index is 0.00777. The number of carboxylic acid groups (broad SMARTS) is 1. The lowest BCUT2D eigenvalue weighted by molar-refractivity contribution is 0.0647. The summed E-state index contributed by atoms with van der Waals surface area (Å²) in [7, 11) is 0. The molecule has 5 nitrogen and oxygen atoms in total. The molecule has 1 amide bonds. The van der Waals surface area contributed by atoms with Gasteiger partial charge in [0.1, 0.15) is 6.26 Å². The van der Waals surface area contributed by atoms with Crippen molar-refractivity contribution in [2.75, 3.05) is 6.54 Å². The Morgan fingerprint density at radius 2 is 1.94 bits per heavy atom. The van der Waals surface area contributed by atoms with E-state index in [1.165, 1.54) is 6.07 Å². The van der Waals surface area contributed by atoms with Gasteiger partial charge in [-0.2, -0.15) is 0 Å². The van der Waals surface area contributed by atoms with E-state index in [0.29, 0.717) is 12.5 Å². The van der Waals surface area contributed by atoms with E-state index in [0.717, 1.165) is 6.26 Å². The minimum atomic E-state index is -1.10. The standard InChI is InChI=1S/C13H19NO4/c1-8(2)6-14(9(3)4)12(15)11-5-10(7-18-11)13(16)17/h5,7-9H,6H2,1-4H3,(H,16,17). The molecule has 0 bridgehead atoms. The summed E-state index contributed by atoms with van der Waals surface area (Å²) in [6, 6.07) is 1.30. The Labute approximate surface area is 106 Å². The van der Waals surface area contributed by atoms with Gasteiger partial charge >= 0.3 is 5.97 Å². The van der Waals surface area contributed by atoms with Crippen LogP contribution < -0.4 is 0 Å². The quantitative estimate of drug-likeness (QED) is 0.875. The topological polar surface area (TPSA) is 70.8 Å². The molecule has 0 spiro atoms. The molecular weight excluding hydrogens is 234 g/mol. The van der Waals surface area contributed by atoms with Gasteiger partial charge in [0.15, 0.2) is 5.76 Å². The van der Waals surface area contributed by atoms with Gasteiger partial charge in [0.2, 0.25) is 0 Å². The molecule has 0 aliphatic rings. The van der Waals surface area contributed by atoms with Crippen LogP contribution in [-0.2, 0) is 0 Å². The van der Waals surface area contributed by atoms with Crippen LogP contribution in [0.1, 0.15) is 48.6 Å². The van der Waals surface area contributed by atoms with Gasteiger partial charge in [-0.1, -0.05) is 13.8 Å². The van der Waals surface area contributed by atoms with Crippen LogP contribution >= 0.6 is 0 Å². The zero-order valence-corrected chi connectivity index (χ0v) is 11.1. The molecule has 5 heteroatoms. The monoisotopic (exact) mass is 253 g/mol. The summed E-state index contributed by atoms with van der Waals surface area (Å²) in [5, 5.41) is 8.79. The van der Waals surface area contributed by atoms with Crippen molar-refractivity contribution in [1.29, 1.82) is 0 Å². The molecule has 0 aliphatic heterocycles. The number of rotatable bonds is 5. The molecule has 1 heterocycles. The van der Waals surface area contributed by atoms with Crippen molar-refractivity contribution in [2.24, 2.45) is 5.92 Å². The van der Waals surface area contributed by atoms with Gasteiger partial charge in [-0.05, 0) is 19.8 Å². The van der Waals surface area contributed by atoms with Gasteiger partial charge in [-0.3, -0.25) is 4.79 Å². The van der Waals surface area contributed by atoms with E-state index in [2.05, 4.69) is 0 Å². The van der Waals surface area contributed by atoms with E-state index in [4.69, 9.17) is 9.52 Å². The van der Waals surface area contributed by atoms with Gasteiger partial charge in [0, 0.05) is 18.7 Å². The number of carboxylic acids is 1. The van der Waals surface area contributed by atoms with Gasteiger partial charge in [0.25, 0.3) is 5.91 Å². The smallest absolute Gasteiger partial charge is 0.338 e. The van der Waals surface area contributed by atoms with Crippen LogP contribution in [-0.4, -0.2) is 34.5 Å². The van der Waals surface area contributed by atoms with Crippen LogP contribution in [0.15, 0.2) is 16.7 Å². The molecular formula is C13H19NO4. The van der Waals surface area contributed by atoms with Crippen molar-refractivity contribution in [3.8, 4) is 0 Å². The molecule has 0 atom stereocenters. The molecule has 1 aromatic heterocycles. The fraction of sp³-hybridized carbons (Fsp3) is 0.538. The largest absolute Gasteiger partial charge is 0.478 e. The average Bonchev–Trinajstić information content (AvgIpc) is 2.73. The molecule has 1 N–H and O–H groups in total. The number of carbonyl (C=O) groups excluding carboxylic acids is 1. The second kappa shape index (κ2) is 5.71. The minimum Gasteiger partial charge on any atom is -0.478 e. The van der Waals surface area contributed by atoms with E-state index in [1.807, 2.05) is 27.7 Å². The SMILES string of the molecule is CC(C)CN(C(=O)c1cc(C(=O)O)co1)C(C)C. The van der Waals surface area contributed by atoms with Crippen LogP contribution in [0.25, 0.3) is 0 Å². The predicted octanol–water partition coefficient (Wildman–Crippen LogP) is 2.48.